The highest BCUT2D eigenvalue weighted by Crippen LogP contribution is 2.40. The summed E-state index contributed by atoms with van der Waals surface area (Å²) in [6, 6.07) is 5.16. The molecule has 124 valence electrons. The molecular weight excluding hydrogens is 373 g/mol. The van der Waals surface area contributed by atoms with Crippen molar-refractivity contribution in [3.8, 4) is 0 Å². The van der Waals surface area contributed by atoms with Gasteiger partial charge in [0.2, 0.25) is 0 Å². The molecule has 3 heterocycles. The molecule has 2 N–H and O–H groups in total. The van der Waals surface area contributed by atoms with Gasteiger partial charge in [-0.3, -0.25) is 4.72 Å². The summed E-state index contributed by atoms with van der Waals surface area (Å²) in [6.45, 7) is 0.289. The minimum absolute atomic E-state index is 0.115. The van der Waals surface area contributed by atoms with Crippen LogP contribution >= 0.6 is 23.2 Å². The molecule has 2 aromatic heterocycles. The Hall–Kier alpha value is -1.87. The molecular formula is C14H11Cl2N5O2S. The van der Waals surface area contributed by atoms with Crippen molar-refractivity contribution in [2.45, 2.75) is 13.1 Å². The van der Waals surface area contributed by atoms with Crippen molar-refractivity contribution in [2.75, 3.05) is 4.72 Å². The van der Waals surface area contributed by atoms with E-state index in [9.17, 15) is 8.42 Å². The molecule has 0 fully saturated rings. The minimum Gasteiger partial charge on any atom is -0.358 e. The van der Waals surface area contributed by atoms with Crippen LogP contribution in [-0.2, 0) is 23.3 Å². The molecule has 1 aliphatic rings. The molecule has 0 saturated carbocycles. The van der Waals surface area contributed by atoms with E-state index >= 15 is 0 Å². The maximum atomic E-state index is 12.6. The number of anilines is 1. The predicted molar refractivity (Wildman–Crippen MR) is 92.1 cm³/mol. The summed E-state index contributed by atoms with van der Waals surface area (Å²) in [7, 11) is -3.72. The Morgan fingerprint density at radius 1 is 1.29 bits per heavy atom. The summed E-state index contributed by atoms with van der Waals surface area (Å²) in [4.78, 5) is 2.97. The molecule has 1 aliphatic heterocycles. The van der Waals surface area contributed by atoms with Gasteiger partial charge in [0.1, 0.15) is 0 Å². The quantitative estimate of drug-likeness (QED) is 0.711. The Bertz CT molecular complexity index is 1040. The molecule has 0 bridgehead atoms. The van der Waals surface area contributed by atoms with Crippen molar-refractivity contribution in [3.05, 3.63) is 51.9 Å². The molecule has 0 saturated heterocycles. The number of hydrogen-bond donors (Lipinski definition) is 2. The van der Waals surface area contributed by atoms with Gasteiger partial charge in [0.05, 0.1) is 33.5 Å². The zero-order valence-electron chi connectivity index (χ0n) is 12.1. The van der Waals surface area contributed by atoms with Crippen LogP contribution in [0.3, 0.4) is 0 Å². The molecule has 3 aromatic rings. The van der Waals surface area contributed by atoms with Crippen LogP contribution in [0.1, 0.15) is 11.3 Å². The highest BCUT2D eigenvalue weighted by molar-refractivity contribution is 7.90. The van der Waals surface area contributed by atoms with Gasteiger partial charge < -0.3 is 4.98 Å². The number of benzene rings is 1. The maximum absolute atomic E-state index is 12.6. The summed E-state index contributed by atoms with van der Waals surface area (Å²) in [5.74, 6) is 0. The van der Waals surface area contributed by atoms with Crippen molar-refractivity contribution in [1.82, 2.24) is 19.5 Å². The lowest BCUT2D eigenvalue weighted by molar-refractivity contribution is 0.394. The lowest BCUT2D eigenvalue weighted by atomic mass is 10.1. The van der Waals surface area contributed by atoms with E-state index in [1.54, 1.807) is 24.4 Å². The Morgan fingerprint density at radius 2 is 2.12 bits per heavy atom. The third kappa shape index (κ3) is 2.51. The van der Waals surface area contributed by atoms with Crippen LogP contribution in [0.25, 0.3) is 10.9 Å². The first kappa shape index (κ1) is 15.6. The monoisotopic (exact) mass is 383 g/mol. The molecule has 0 atom stereocenters. The topological polar surface area (TPSA) is 91.0 Å². The van der Waals surface area contributed by atoms with Crippen molar-refractivity contribution in [3.63, 3.8) is 0 Å². The fourth-order valence-electron chi connectivity index (χ4n) is 2.74. The Morgan fingerprint density at radius 3 is 2.88 bits per heavy atom. The Balaban J connectivity index is 1.79. The summed E-state index contributed by atoms with van der Waals surface area (Å²) >= 11 is 12.4. The van der Waals surface area contributed by atoms with E-state index in [1.807, 2.05) is 0 Å². The Kier molecular flexibility index (Phi) is 3.65. The average Bonchev–Trinajstić information content (AvgIpc) is 2.93. The summed E-state index contributed by atoms with van der Waals surface area (Å²) in [5.41, 5.74) is 2.35. The van der Waals surface area contributed by atoms with Crippen LogP contribution < -0.4 is 4.72 Å². The van der Waals surface area contributed by atoms with E-state index in [1.165, 1.54) is 10.5 Å². The third-order valence-electron chi connectivity index (χ3n) is 3.83. The normalized spacial score (nSPS) is 16.8. The second-order valence-electron chi connectivity index (χ2n) is 5.37. The van der Waals surface area contributed by atoms with Crippen LogP contribution in [0.15, 0.2) is 30.6 Å². The number of aromatic nitrogens is 3. The van der Waals surface area contributed by atoms with Gasteiger partial charge in [0, 0.05) is 24.3 Å². The fourth-order valence-corrected chi connectivity index (χ4v) is 4.60. The molecule has 0 amide bonds. The molecule has 7 nitrogen and oxygen atoms in total. The maximum Gasteiger partial charge on any atom is 0.302 e. The van der Waals surface area contributed by atoms with Gasteiger partial charge in [-0.2, -0.15) is 22.9 Å². The van der Waals surface area contributed by atoms with Crippen molar-refractivity contribution in [2.24, 2.45) is 0 Å². The van der Waals surface area contributed by atoms with Crippen molar-refractivity contribution in [1.29, 1.82) is 0 Å². The van der Waals surface area contributed by atoms with E-state index in [4.69, 9.17) is 23.2 Å². The van der Waals surface area contributed by atoms with Crippen LogP contribution in [0, 0.1) is 0 Å². The van der Waals surface area contributed by atoms with Crippen LogP contribution in [-0.4, -0.2) is 27.9 Å². The number of rotatable bonds is 2. The van der Waals surface area contributed by atoms with Crippen LogP contribution in [0.2, 0.25) is 10.0 Å². The van der Waals surface area contributed by atoms with E-state index < -0.39 is 10.2 Å². The van der Waals surface area contributed by atoms with Crippen molar-refractivity contribution >= 4 is 50.0 Å². The minimum atomic E-state index is -3.72. The number of nitrogens with zero attached hydrogens (tertiary/aromatic N) is 3. The lowest BCUT2D eigenvalue weighted by Crippen LogP contribution is -2.39. The standard InChI is InChI=1S/C14H11Cl2N5O2S/c15-10-4-8-6-21(7-9-2-1-3-18-19-9)24(22,23)20-13(8)14-12(10)11(16)5-17-14/h1-5,17,20H,6-7H2. The molecule has 0 radical (unpaired) electrons. The summed E-state index contributed by atoms with van der Waals surface area (Å²) < 4.78 is 29.0. The molecule has 4 rings (SSSR count). The number of halogens is 2. The van der Waals surface area contributed by atoms with Gasteiger partial charge in [0.25, 0.3) is 0 Å². The van der Waals surface area contributed by atoms with Gasteiger partial charge in [-0.15, -0.1) is 0 Å². The molecule has 0 aliphatic carbocycles. The highest BCUT2D eigenvalue weighted by Gasteiger charge is 2.32. The van der Waals surface area contributed by atoms with E-state index in [0.29, 0.717) is 32.3 Å². The molecule has 0 unspecified atom stereocenters. The molecule has 10 heteroatoms. The van der Waals surface area contributed by atoms with E-state index in [0.717, 1.165) is 5.56 Å². The van der Waals surface area contributed by atoms with Gasteiger partial charge in [-0.25, -0.2) is 0 Å². The van der Waals surface area contributed by atoms with Gasteiger partial charge in [-0.1, -0.05) is 23.2 Å². The Labute approximate surface area is 147 Å². The number of aromatic amines is 1. The third-order valence-corrected chi connectivity index (χ3v) is 5.82. The van der Waals surface area contributed by atoms with E-state index in [2.05, 4.69) is 19.9 Å². The first-order valence-corrected chi connectivity index (χ1v) is 9.18. The molecule has 0 spiro atoms. The van der Waals surface area contributed by atoms with Crippen molar-refractivity contribution < 1.29 is 8.42 Å². The van der Waals surface area contributed by atoms with E-state index in [-0.39, 0.29) is 13.1 Å². The number of hydrogen-bond acceptors (Lipinski definition) is 4. The average molecular weight is 384 g/mol. The smallest absolute Gasteiger partial charge is 0.302 e. The largest absolute Gasteiger partial charge is 0.358 e. The number of fused-ring (bicyclic) bond motifs is 3. The van der Waals surface area contributed by atoms with Gasteiger partial charge >= 0.3 is 10.2 Å². The number of nitrogens with one attached hydrogen (secondary N) is 2. The predicted octanol–water partition coefficient (Wildman–Crippen LogP) is 2.94. The zero-order valence-corrected chi connectivity index (χ0v) is 14.5. The molecule has 1 aromatic carbocycles. The van der Waals surface area contributed by atoms with Gasteiger partial charge in [0.15, 0.2) is 0 Å². The first-order chi connectivity index (χ1) is 11.5. The van der Waals surface area contributed by atoms with Gasteiger partial charge in [-0.05, 0) is 23.8 Å². The summed E-state index contributed by atoms with van der Waals surface area (Å²) in [6.07, 6.45) is 3.12. The van der Waals surface area contributed by atoms with Crippen LogP contribution in [0.5, 0.6) is 0 Å². The zero-order chi connectivity index (χ0) is 16.9. The summed E-state index contributed by atoms with van der Waals surface area (Å²) in [5, 5.41) is 9.21. The second-order valence-corrected chi connectivity index (χ2v) is 7.85. The SMILES string of the molecule is O=S1(=O)Nc2c(cc(Cl)c3c(Cl)c[nH]c23)CN1Cc1cccnn1. The lowest BCUT2D eigenvalue weighted by Gasteiger charge is -2.29. The first-order valence-electron chi connectivity index (χ1n) is 6.98. The van der Waals surface area contributed by atoms with Crippen LogP contribution in [0.4, 0.5) is 5.69 Å². The second kappa shape index (κ2) is 5.59. The number of H-pyrrole nitrogens is 1. The fraction of sp³-hybridized carbons (Fsp3) is 0.143. The molecule has 24 heavy (non-hydrogen) atoms. The highest BCUT2D eigenvalue weighted by atomic mass is 35.5.